The summed E-state index contributed by atoms with van der Waals surface area (Å²) in [5.41, 5.74) is 2.88. The first kappa shape index (κ1) is 9.27. The van der Waals surface area contributed by atoms with E-state index >= 15 is 0 Å². The van der Waals surface area contributed by atoms with Gasteiger partial charge in [-0.25, -0.2) is 4.98 Å². The Labute approximate surface area is 93.6 Å². The van der Waals surface area contributed by atoms with Crippen LogP contribution in [0.5, 0.6) is 0 Å². The topological polar surface area (TPSA) is 41.4 Å². The van der Waals surface area contributed by atoms with Gasteiger partial charge in [0.1, 0.15) is 0 Å². The minimum atomic E-state index is 0.266. The predicted molar refractivity (Wildman–Crippen MR) is 63.4 cm³/mol. The largest absolute Gasteiger partial charge is 0.299 e. The van der Waals surface area contributed by atoms with Crippen LogP contribution >= 0.6 is 0 Å². The molecule has 0 N–H and O–H groups in total. The highest BCUT2D eigenvalue weighted by Crippen LogP contribution is 2.18. The van der Waals surface area contributed by atoms with E-state index in [0.29, 0.717) is 0 Å². The lowest BCUT2D eigenvalue weighted by molar-refractivity contribution is 0.380. The van der Waals surface area contributed by atoms with E-state index in [4.69, 9.17) is 0 Å². The number of para-hydroxylation sites is 2. The molecular weight excluding hydrogens is 200 g/mol. The zero-order valence-corrected chi connectivity index (χ0v) is 9.04. The molecule has 1 aromatic heterocycles. The molecule has 1 unspecified atom stereocenters. The fourth-order valence-electron chi connectivity index (χ4n) is 1.89. The van der Waals surface area contributed by atoms with Crippen LogP contribution in [0.25, 0.3) is 11.0 Å². The van der Waals surface area contributed by atoms with Crippen LogP contribution < -0.4 is 0 Å². The van der Waals surface area contributed by atoms with E-state index in [1.807, 2.05) is 48.7 Å². The summed E-state index contributed by atoms with van der Waals surface area (Å²) in [5.74, 6) is 0.266. The summed E-state index contributed by atoms with van der Waals surface area (Å²) in [6, 6.07) is 7.92. The number of hydrogen-bond acceptors (Lipinski definition) is 4. The number of likely N-dealkylation sites (N-methyl/N-ethyl adjacent to an activating group) is 1. The van der Waals surface area contributed by atoms with E-state index in [-0.39, 0.29) is 5.92 Å². The van der Waals surface area contributed by atoms with Crippen molar-refractivity contribution in [2.24, 2.45) is 5.10 Å². The first-order chi connectivity index (χ1) is 7.83. The highest BCUT2D eigenvalue weighted by Gasteiger charge is 2.18. The molecule has 2 aromatic rings. The Kier molecular flexibility index (Phi) is 2.06. The van der Waals surface area contributed by atoms with Crippen LogP contribution in [0.15, 0.2) is 35.6 Å². The molecule has 0 amide bonds. The Hall–Kier alpha value is -1.97. The average Bonchev–Trinajstić information content (AvgIpc) is 2.75. The molecule has 80 valence electrons. The zero-order chi connectivity index (χ0) is 11.0. The Balaban J connectivity index is 2.02. The van der Waals surface area contributed by atoms with E-state index < -0.39 is 0 Å². The lowest BCUT2D eigenvalue weighted by Gasteiger charge is -2.09. The Morgan fingerprint density at radius 2 is 2.06 bits per heavy atom. The number of hydrazone groups is 1. The first-order valence-electron chi connectivity index (χ1n) is 5.30. The standard InChI is InChI=1S/C12H12N4/c1-16-8-9(6-14-16)12-7-13-10-4-2-3-5-11(10)15-12/h2-7,9H,8H2,1H3. The van der Waals surface area contributed by atoms with Gasteiger partial charge in [0.2, 0.25) is 0 Å². The van der Waals surface area contributed by atoms with E-state index in [1.54, 1.807) is 0 Å². The van der Waals surface area contributed by atoms with Gasteiger partial charge >= 0.3 is 0 Å². The highest BCUT2D eigenvalue weighted by molar-refractivity contribution is 5.75. The number of aromatic nitrogens is 2. The summed E-state index contributed by atoms with van der Waals surface area (Å²) < 4.78 is 0. The Bertz CT molecular complexity index is 549. The molecule has 1 aliphatic heterocycles. The van der Waals surface area contributed by atoms with Crippen molar-refractivity contribution in [1.29, 1.82) is 0 Å². The third-order valence-corrected chi connectivity index (χ3v) is 2.75. The van der Waals surface area contributed by atoms with Crippen molar-refractivity contribution in [3.63, 3.8) is 0 Å². The van der Waals surface area contributed by atoms with E-state index in [2.05, 4.69) is 15.1 Å². The molecule has 2 heterocycles. The third kappa shape index (κ3) is 1.52. The molecule has 0 saturated heterocycles. The van der Waals surface area contributed by atoms with Gasteiger partial charge in [-0.1, -0.05) is 12.1 Å². The molecule has 0 spiro atoms. The smallest absolute Gasteiger partial charge is 0.0890 e. The molecule has 0 fully saturated rings. The molecule has 0 saturated carbocycles. The second kappa shape index (κ2) is 3.56. The molecular formula is C12H12N4. The molecule has 1 atom stereocenters. The summed E-state index contributed by atoms with van der Waals surface area (Å²) in [6.45, 7) is 0.882. The SMILES string of the molecule is CN1CC(c2cnc3ccccc3n2)C=N1. The lowest BCUT2D eigenvalue weighted by atomic mass is 10.1. The molecule has 0 aliphatic carbocycles. The fraction of sp³-hybridized carbons (Fsp3) is 0.250. The van der Waals surface area contributed by atoms with Crippen molar-refractivity contribution >= 4 is 17.2 Å². The molecule has 1 aromatic carbocycles. The van der Waals surface area contributed by atoms with Crippen molar-refractivity contribution in [2.75, 3.05) is 13.6 Å². The third-order valence-electron chi connectivity index (χ3n) is 2.75. The van der Waals surface area contributed by atoms with Crippen LogP contribution in [-0.2, 0) is 0 Å². The Morgan fingerprint density at radius 3 is 2.81 bits per heavy atom. The van der Waals surface area contributed by atoms with E-state index in [0.717, 1.165) is 23.3 Å². The summed E-state index contributed by atoms with van der Waals surface area (Å²) in [7, 11) is 1.96. The van der Waals surface area contributed by atoms with Gasteiger partial charge in [-0.3, -0.25) is 9.99 Å². The van der Waals surface area contributed by atoms with Gasteiger partial charge in [0, 0.05) is 26.0 Å². The minimum Gasteiger partial charge on any atom is -0.299 e. The maximum absolute atomic E-state index is 4.61. The van der Waals surface area contributed by atoms with Crippen molar-refractivity contribution in [3.05, 3.63) is 36.2 Å². The second-order valence-electron chi connectivity index (χ2n) is 3.99. The quantitative estimate of drug-likeness (QED) is 0.721. The van der Waals surface area contributed by atoms with Gasteiger partial charge in [0.25, 0.3) is 0 Å². The van der Waals surface area contributed by atoms with Gasteiger partial charge in [-0.15, -0.1) is 0 Å². The van der Waals surface area contributed by atoms with Crippen LogP contribution in [0, 0.1) is 0 Å². The predicted octanol–water partition coefficient (Wildman–Crippen LogP) is 1.64. The van der Waals surface area contributed by atoms with Gasteiger partial charge in [0.05, 0.1) is 22.6 Å². The maximum atomic E-state index is 4.61. The molecule has 3 rings (SSSR count). The van der Waals surface area contributed by atoms with E-state index in [9.17, 15) is 0 Å². The molecule has 1 aliphatic rings. The summed E-state index contributed by atoms with van der Waals surface area (Å²) in [4.78, 5) is 9.02. The van der Waals surface area contributed by atoms with Crippen LogP contribution in [0.3, 0.4) is 0 Å². The summed E-state index contributed by atoms with van der Waals surface area (Å²) >= 11 is 0. The molecule has 4 nitrogen and oxygen atoms in total. The number of nitrogens with zero attached hydrogens (tertiary/aromatic N) is 4. The maximum Gasteiger partial charge on any atom is 0.0890 e. The lowest BCUT2D eigenvalue weighted by Crippen LogP contribution is -2.13. The van der Waals surface area contributed by atoms with Crippen molar-refractivity contribution in [2.45, 2.75) is 5.92 Å². The van der Waals surface area contributed by atoms with Gasteiger partial charge in [-0.05, 0) is 12.1 Å². The van der Waals surface area contributed by atoms with Crippen LogP contribution in [-0.4, -0.2) is 34.8 Å². The first-order valence-corrected chi connectivity index (χ1v) is 5.30. The van der Waals surface area contributed by atoms with Crippen LogP contribution in [0.4, 0.5) is 0 Å². The normalized spacial score (nSPS) is 19.6. The second-order valence-corrected chi connectivity index (χ2v) is 3.99. The number of hydrogen-bond donors (Lipinski definition) is 0. The van der Waals surface area contributed by atoms with Crippen LogP contribution in [0.1, 0.15) is 11.6 Å². The minimum absolute atomic E-state index is 0.266. The molecule has 4 heteroatoms. The van der Waals surface area contributed by atoms with Gasteiger partial charge < -0.3 is 0 Å². The monoisotopic (exact) mass is 212 g/mol. The summed E-state index contributed by atoms with van der Waals surface area (Å²) in [5, 5.41) is 6.13. The van der Waals surface area contributed by atoms with Crippen LogP contribution in [0.2, 0.25) is 0 Å². The highest BCUT2D eigenvalue weighted by atomic mass is 15.4. The van der Waals surface area contributed by atoms with Crippen molar-refractivity contribution in [3.8, 4) is 0 Å². The van der Waals surface area contributed by atoms with Gasteiger partial charge in [0.15, 0.2) is 0 Å². The van der Waals surface area contributed by atoms with E-state index in [1.165, 1.54) is 0 Å². The number of rotatable bonds is 1. The molecule has 0 bridgehead atoms. The molecule has 16 heavy (non-hydrogen) atoms. The van der Waals surface area contributed by atoms with Crippen molar-refractivity contribution < 1.29 is 0 Å². The fourth-order valence-corrected chi connectivity index (χ4v) is 1.89. The number of fused-ring (bicyclic) bond motifs is 1. The zero-order valence-electron chi connectivity index (χ0n) is 9.04. The van der Waals surface area contributed by atoms with Gasteiger partial charge in [-0.2, -0.15) is 5.10 Å². The average molecular weight is 212 g/mol. The summed E-state index contributed by atoms with van der Waals surface area (Å²) in [6.07, 6.45) is 3.77. The Morgan fingerprint density at radius 1 is 1.25 bits per heavy atom. The van der Waals surface area contributed by atoms with Crippen molar-refractivity contribution in [1.82, 2.24) is 15.0 Å². The number of benzene rings is 1. The molecule has 0 radical (unpaired) electrons.